The van der Waals surface area contributed by atoms with Gasteiger partial charge >= 0.3 is 0 Å². The van der Waals surface area contributed by atoms with Gasteiger partial charge in [0.1, 0.15) is 0 Å². The lowest BCUT2D eigenvalue weighted by molar-refractivity contribution is 0.290. The molecule has 2 heteroatoms. The van der Waals surface area contributed by atoms with Crippen molar-refractivity contribution >= 4 is 5.69 Å². The molecule has 0 aliphatic carbocycles. The van der Waals surface area contributed by atoms with Crippen molar-refractivity contribution in [3.05, 3.63) is 29.8 Å². The van der Waals surface area contributed by atoms with E-state index in [1.807, 2.05) is 0 Å². The van der Waals surface area contributed by atoms with Crippen molar-refractivity contribution in [1.29, 1.82) is 0 Å². The highest BCUT2D eigenvalue weighted by atomic mass is 15.3. The summed E-state index contributed by atoms with van der Waals surface area (Å²) in [6, 6.07) is 8.62. The molecule has 1 aromatic carbocycles. The van der Waals surface area contributed by atoms with Gasteiger partial charge in [0, 0.05) is 12.2 Å². The first-order chi connectivity index (χ1) is 7.29. The molecule has 0 amide bonds. The number of hydrogen-bond acceptors (Lipinski definition) is 2. The quantitative estimate of drug-likeness (QED) is 0.814. The van der Waals surface area contributed by atoms with Gasteiger partial charge in [0.15, 0.2) is 0 Å². The number of aryl methyl sites for hydroxylation is 1. The number of nitrogens with one attached hydrogen (secondary N) is 1. The molecule has 2 rings (SSSR count). The number of hydrogen-bond donors (Lipinski definition) is 1. The van der Waals surface area contributed by atoms with Crippen molar-refractivity contribution < 1.29 is 0 Å². The fraction of sp³-hybridized carbons (Fsp3) is 0.538. The van der Waals surface area contributed by atoms with Crippen LogP contribution in [0.5, 0.6) is 0 Å². The molecule has 1 unspecified atom stereocenters. The van der Waals surface area contributed by atoms with Gasteiger partial charge in [-0.3, -0.25) is 4.90 Å². The van der Waals surface area contributed by atoms with Crippen molar-refractivity contribution in [3.8, 4) is 0 Å². The Balaban J connectivity index is 2.02. The summed E-state index contributed by atoms with van der Waals surface area (Å²) in [6.07, 6.45) is 3.12. The molecule has 0 aromatic heterocycles. The van der Waals surface area contributed by atoms with Gasteiger partial charge in [-0.15, -0.1) is 0 Å². The fourth-order valence-electron chi connectivity index (χ4n) is 2.30. The molecule has 1 N–H and O–H groups in total. The van der Waals surface area contributed by atoms with E-state index >= 15 is 0 Å². The number of anilines is 1. The third-order valence-electron chi connectivity index (χ3n) is 3.12. The van der Waals surface area contributed by atoms with Crippen molar-refractivity contribution in [2.24, 2.45) is 0 Å². The second-order valence-electron chi connectivity index (χ2n) is 4.30. The maximum Gasteiger partial charge on any atom is 0.0793 e. The Hall–Kier alpha value is -1.02. The molecule has 0 bridgehead atoms. The molecule has 82 valence electrons. The maximum atomic E-state index is 3.61. The van der Waals surface area contributed by atoms with Crippen LogP contribution >= 0.6 is 0 Å². The van der Waals surface area contributed by atoms with Crippen LogP contribution in [-0.2, 0) is 0 Å². The first-order valence-corrected chi connectivity index (χ1v) is 5.87. The predicted molar refractivity (Wildman–Crippen MR) is 65.1 cm³/mol. The molecule has 0 saturated carbocycles. The van der Waals surface area contributed by atoms with E-state index in [9.17, 15) is 0 Å². The topological polar surface area (TPSA) is 15.3 Å². The average molecular weight is 204 g/mol. The molecule has 2 nitrogen and oxygen atoms in total. The van der Waals surface area contributed by atoms with Crippen LogP contribution in [0.1, 0.15) is 25.3 Å². The molecular weight excluding hydrogens is 184 g/mol. The monoisotopic (exact) mass is 204 g/mol. The minimum Gasteiger partial charge on any atom is -0.370 e. The van der Waals surface area contributed by atoms with Crippen LogP contribution in [0.4, 0.5) is 5.69 Å². The lowest BCUT2D eigenvalue weighted by Crippen LogP contribution is -2.35. The molecule has 1 fully saturated rings. The molecule has 1 aliphatic heterocycles. The average Bonchev–Trinajstić information content (AvgIpc) is 2.65. The summed E-state index contributed by atoms with van der Waals surface area (Å²) in [4.78, 5) is 2.50. The van der Waals surface area contributed by atoms with Crippen LogP contribution in [0.15, 0.2) is 24.3 Å². The predicted octanol–water partition coefficient (Wildman–Crippen LogP) is 2.85. The van der Waals surface area contributed by atoms with Crippen molar-refractivity contribution in [2.45, 2.75) is 32.9 Å². The zero-order chi connectivity index (χ0) is 10.7. The molecule has 1 saturated heterocycles. The Morgan fingerprint density at radius 2 is 2.33 bits per heavy atom. The van der Waals surface area contributed by atoms with Crippen LogP contribution in [0.2, 0.25) is 0 Å². The molecule has 1 aromatic rings. The van der Waals surface area contributed by atoms with Crippen LogP contribution in [0.25, 0.3) is 0 Å². The summed E-state index contributed by atoms with van der Waals surface area (Å²) in [7, 11) is 0. The number of likely N-dealkylation sites (tertiary alicyclic amines) is 1. The summed E-state index contributed by atoms with van der Waals surface area (Å²) < 4.78 is 0. The van der Waals surface area contributed by atoms with Gasteiger partial charge in [0.05, 0.1) is 6.17 Å². The zero-order valence-corrected chi connectivity index (χ0v) is 9.66. The van der Waals surface area contributed by atoms with Gasteiger partial charge in [-0.25, -0.2) is 0 Å². The Morgan fingerprint density at radius 3 is 3.07 bits per heavy atom. The molecule has 0 spiro atoms. The highest BCUT2D eigenvalue weighted by molar-refractivity contribution is 5.46. The van der Waals surface area contributed by atoms with Gasteiger partial charge < -0.3 is 5.32 Å². The van der Waals surface area contributed by atoms with Crippen molar-refractivity contribution in [3.63, 3.8) is 0 Å². The van der Waals surface area contributed by atoms with Gasteiger partial charge in [-0.1, -0.05) is 19.1 Å². The van der Waals surface area contributed by atoms with E-state index in [0.29, 0.717) is 6.17 Å². The minimum atomic E-state index is 0.539. The van der Waals surface area contributed by atoms with Crippen molar-refractivity contribution in [2.75, 3.05) is 18.4 Å². The summed E-state index contributed by atoms with van der Waals surface area (Å²) in [5.74, 6) is 0. The number of nitrogens with zero attached hydrogens (tertiary/aromatic N) is 1. The summed E-state index contributed by atoms with van der Waals surface area (Å²) in [5, 5.41) is 3.61. The maximum absolute atomic E-state index is 3.61. The first-order valence-electron chi connectivity index (χ1n) is 5.87. The molecule has 1 heterocycles. The first kappa shape index (κ1) is 10.5. The standard InChI is InChI=1S/C13H20N2/c1-3-15-9-5-8-13(15)14-12-7-4-6-11(2)10-12/h4,6-7,10,13-14H,3,5,8-9H2,1-2H3. The van der Waals surface area contributed by atoms with Crippen LogP contribution in [0.3, 0.4) is 0 Å². The van der Waals surface area contributed by atoms with E-state index in [1.54, 1.807) is 0 Å². The number of rotatable bonds is 3. The van der Waals surface area contributed by atoms with E-state index in [4.69, 9.17) is 0 Å². The lowest BCUT2D eigenvalue weighted by atomic mass is 10.2. The SMILES string of the molecule is CCN1CCCC1Nc1cccc(C)c1. The normalized spacial score (nSPS) is 21.9. The molecule has 0 radical (unpaired) electrons. The smallest absolute Gasteiger partial charge is 0.0793 e. The third-order valence-corrected chi connectivity index (χ3v) is 3.12. The number of benzene rings is 1. The molecule has 1 atom stereocenters. The van der Waals surface area contributed by atoms with Crippen LogP contribution in [0, 0.1) is 6.92 Å². The zero-order valence-electron chi connectivity index (χ0n) is 9.66. The summed E-state index contributed by atoms with van der Waals surface area (Å²) in [6.45, 7) is 6.75. The summed E-state index contributed by atoms with van der Waals surface area (Å²) in [5.41, 5.74) is 2.57. The second-order valence-corrected chi connectivity index (χ2v) is 4.30. The van der Waals surface area contributed by atoms with Crippen LogP contribution in [-0.4, -0.2) is 24.2 Å². The van der Waals surface area contributed by atoms with Gasteiger partial charge in [0.25, 0.3) is 0 Å². The Labute approximate surface area is 92.3 Å². The van der Waals surface area contributed by atoms with Crippen molar-refractivity contribution in [1.82, 2.24) is 4.90 Å². The van der Waals surface area contributed by atoms with Gasteiger partial charge in [-0.05, 0) is 44.0 Å². The summed E-state index contributed by atoms with van der Waals surface area (Å²) >= 11 is 0. The van der Waals surface area contributed by atoms with E-state index in [0.717, 1.165) is 6.54 Å². The highest BCUT2D eigenvalue weighted by Gasteiger charge is 2.22. The van der Waals surface area contributed by atoms with Gasteiger partial charge in [-0.2, -0.15) is 0 Å². The van der Waals surface area contributed by atoms with Gasteiger partial charge in [0.2, 0.25) is 0 Å². The lowest BCUT2D eigenvalue weighted by Gasteiger charge is -2.24. The van der Waals surface area contributed by atoms with E-state index < -0.39 is 0 Å². The Morgan fingerprint density at radius 1 is 1.47 bits per heavy atom. The second kappa shape index (κ2) is 4.67. The van der Waals surface area contributed by atoms with E-state index in [-0.39, 0.29) is 0 Å². The van der Waals surface area contributed by atoms with E-state index in [1.165, 1.54) is 30.6 Å². The molecule has 15 heavy (non-hydrogen) atoms. The molecule has 1 aliphatic rings. The highest BCUT2D eigenvalue weighted by Crippen LogP contribution is 2.19. The van der Waals surface area contributed by atoms with E-state index in [2.05, 4.69) is 48.3 Å². The van der Waals surface area contributed by atoms with Crippen LogP contribution < -0.4 is 5.32 Å². The minimum absolute atomic E-state index is 0.539. The Kier molecular flexibility index (Phi) is 3.27. The molecular formula is C13H20N2. The Bertz CT molecular complexity index is 322. The third kappa shape index (κ3) is 2.51. The largest absolute Gasteiger partial charge is 0.370 e. The fourth-order valence-corrected chi connectivity index (χ4v) is 2.30.